The highest BCUT2D eigenvalue weighted by molar-refractivity contribution is 6.18. The Morgan fingerprint density at radius 2 is 1.72 bits per heavy atom. The lowest BCUT2D eigenvalue weighted by Gasteiger charge is -2.60. The molecule has 0 radical (unpaired) electrons. The largest absolute Gasteiger partial charge is 0.496 e. The Morgan fingerprint density at radius 3 is 2.45 bits per heavy atom. The molecule has 0 aromatic heterocycles. The highest BCUT2D eigenvalue weighted by Crippen LogP contribution is 2.62. The van der Waals surface area contributed by atoms with Gasteiger partial charge in [-0.1, -0.05) is 36.2 Å². The van der Waals surface area contributed by atoms with Crippen LogP contribution in [0.3, 0.4) is 0 Å². The number of aldehydes is 1. The molecule has 2 heterocycles. The summed E-state index contributed by atoms with van der Waals surface area (Å²) < 4.78 is 43.6. The zero-order chi connectivity index (χ0) is 46.1. The van der Waals surface area contributed by atoms with E-state index < -0.39 is 29.4 Å². The smallest absolute Gasteiger partial charge is 0.410 e. The number of unbranched alkanes of at least 4 members (excludes halogenated alkanes) is 2. The van der Waals surface area contributed by atoms with Gasteiger partial charge in [-0.3, -0.25) is 9.69 Å². The molecule has 6 atom stereocenters. The lowest BCUT2D eigenvalue weighted by Crippen LogP contribution is -2.70. The average Bonchev–Trinajstić information content (AvgIpc) is 3.78. The number of hydrogen-bond acceptors (Lipinski definition) is 13. The van der Waals surface area contributed by atoms with Gasteiger partial charge in [-0.05, 0) is 118 Å². The number of benzene rings is 3. The van der Waals surface area contributed by atoms with Gasteiger partial charge >= 0.3 is 6.09 Å². The van der Waals surface area contributed by atoms with Crippen molar-refractivity contribution in [1.29, 1.82) is 0 Å². The fourth-order valence-corrected chi connectivity index (χ4v) is 9.73. The normalized spacial score (nSPS) is 23.3. The molecule has 0 spiro atoms. The van der Waals surface area contributed by atoms with Crippen molar-refractivity contribution in [3.05, 3.63) is 95.6 Å². The van der Waals surface area contributed by atoms with E-state index in [-0.39, 0.29) is 69.8 Å². The number of halogens is 1. The lowest BCUT2D eigenvalue weighted by atomic mass is 9.55. The third kappa shape index (κ3) is 10.6. The van der Waals surface area contributed by atoms with Gasteiger partial charge in [0.1, 0.15) is 41.2 Å². The molecule has 0 saturated heterocycles. The first-order chi connectivity index (χ1) is 31.5. The number of aliphatic hydroxyl groups is 2. The van der Waals surface area contributed by atoms with Crippen molar-refractivity contribution in [1.82, 2.24) is 4.90 Å². The molecule has 15 heteroatoms. The van der Waals surface area contributed by atoms with Crippen LogP contribution >= 0.6 is 11.6 Å². The Balaban J connectivity index is 1.46. The number of aliphatic hydroxyl groups excluding tert-OH is 2. The number of carbonyl (C=O) groups excluding carboxylic acids is 2. The van der Waals surface area contributed by atoms with Crippen molar-refractivity contribution in [2.24, 2.45) is 22.9 Å². The summed E-state index contributed by atoms with van der Waals surface area (Å²) in [6.07, 6.45) is 8.52. The summed E-state index contributed by atoms with van der Waals surface area (Å²) in [5.41, 5.74) is 2.83. The predicted molar refractivity (Wildman–Crippen MR) is 244 cm³/mol. The Morgan fingerprint density at radius 1 is 0.985 bits per heavy atom. The third-order valence-electron chi connectivity index (χ3n) is 12.3. The van der Waals surface area contributed by atoms with Crippen molar-refractivity contribution in [2.75, 3.05) is 46.2 Å². The van der Waals surface area contributed by atoms with Crippen LogP contribution < -0.4 is 23.7 Å². The van der Waals surface area contributed by atoms with Crippen LogP contribution in [0, 0.1) is 17.8 Å². The van der Waals surface area contributed by atoms with E-state index in [4.69, 9.17) is 54.8 Å². The molecular weight excluding hydrogens is 856 g/mol. The van der Waals surface area contributed by atoms with Gasteiger partial charge < -0.3 is 48.2 Å². The van der Waals surface area contributed by atoms with Crippen molar-refractivity contribution in [3.63, 3.8) is 0 Å². The van der Waals surface area contributed by atoms with Crippen LogP contribution in [0.5, 0.6) is 34.5 Å². The minimum Gasteiger partial charge on any atom is -0.496 e. The first kappa shape index (κ1) is 47.7. The molecule has 1 amide bonds. The highest BCUT2D eigenvalue weighted by Gasteiger charge is 2.66. The van der Waals surface area contributed by atoms with E-state index in [1.165, 1.54) is 7.11 Å². The molecule has 2 N–H and O–H groups in total. The second kappa shape index (κ2) is 21.4. The minimum atomic E-state index is -1.54. The standard InChI is InChI=1S/C50H61ClN2O12/c1-6-22-62-50-45(53(48(57)59-23-19-51)29-32-13-16-43-44(24-32)61-31-60-43)28-40(52-65-49(2,3)4)38-26-33(11-7-9-20-54)37(12-8-10-21-55)46(47(38)50)39-27-36(15-18-42(39)64-50)63-35-14-17-41(58-5)34(25-35)30-56/h6,13-18,24-27,30,33,37,45-47,54-55H,1,7-12,19-23,28-29,31H2,2-5H3. The molecule has 2 aliphatic heterocycles. The number of allylic oxidation sites excluding steroid dienone is 1. The number of hydrogen-bond donors (Lipinski definition) is 2. The van der Waals surface area contributed by atoms with Gasteiger partial charge in [0, 0.05) is 37.7 Å². The van der Waals surface area contributed by atoms with Crippen LogP contribution in [0.15, 0.2) is 84.1 Å². The lowest BCUT2D eigenvalue weighted by molar-refractivity contribution is -0.256. The zero-order valence-corrected chi connectivity index (χ0v) is 38.4. The Hall–Kier alpha value is -5.28. The number of amides is 1. The summed E-state index contributed by atoms with van der Waals surface area (Å²) in [5.74, 6) is 0.724. The quantitative estimate of drug-likeness (QED) is 0.0343. The number of methoxy groups -OCH3 is 1. The van der Waals surface area contributed by atoms with Crippen LogP contribution in [-0.4, -0.2) is 96.8 Å². The monoisotopic (exact) mass is 916 g/mol. The van der Waals surface area contributed by atoms with Gasteiger partial charge in [-0.15, -0.1) is 18.2 Å². The molecule has 0 bridgehead atoms. The SMILES string of the molecule is C=CCOC12Oc3ccc(Oc4ccc(OC)c(C=O)c4)cc3C3C(CCCCO)C(CCCCO)C=C(C(=NOC(C)(C)C)CC1N(Cc1ccc4c(c1)OCO4)C(=O)OCCCl)C32. The van der Waals surface area contributed by atoms with Crippen LogP contribution in [0.2, 0.25) is 0 Å². The van der Waals surface area contributed by atoms with Gasteiger partial charge in [0.2, 0.25) is 12.6 Å². The predicted octanol–water partition coefficient (Wildman–Crippen LogP) is 9.34. The fraction of sp³-hybridized carbons (Fsp3) is 0.500. The molecule has 7 rings (SSSR count). The molecule has 1 fully saturated rings. The second-order valence-electron chi connectivity index (χ2n) is 17.7. The van der Waals surface area contributed by atoms with E-state index in [2.05, 4.69) is 12.7 Å². The number of nitrogens with zero attached hydrogens (tertiary/aromatic N) is 2. The summed E-state index contributed by atoms with van der Waals surface area (Å²) in [6, 6.07) is 15.4. The van der Waals surface area contributed by atoms with Crippen LogP contribution in [0.4, 0.5) is 4.79 Å². The fourth-order valence-electron chi connectivity index (χ4n) is 9.65. The van der Waals surface area contributed by atoms with E-state index >= 15 is 0 Å². The first-order valence-corrected chi connectivity index (χ1v) is 23.0. The van der Waals surface area contributed by atoms with Gasteiger partial charge in [0.05, 0.1) is 36.8 Å². The molecule has 1 saturated carbocycles. The molecule has 2 aliphatic carbocycles. The Bertz CT molecular complexity index is 2220. The molecular formula is C50H61ClN2O12. The summed E-state index contributed by atoms with van der Waals surface area (Å²) in [5, 5.41) is 24.9. The summed E-state index contributed by atoms with van der Waals surface area (Å²) in [7, 11) is 1.51. The zero-order valence-electron chi connectivity index (χ0n) is 37.7. The summed E-state index contributed by atoms with van der Waals surface area (Å²) in [6.45, 7) is 10.2. The molecule has 14 nitrogen and oxygen atoms in total. The van der Waals surface area contributed by atoms with E-state index in [0.717, 1.165) is 48.7 Å². The molecule has 3 aromatic rings. The second-order valence-corrected chi connectivity index (χ2v) is 18.1. The summed E-state index contributed by atoms with van der Waals surface area (Å²) in [4.78, 5) is 34.5. The number of carbonyl (C=O) groups is 2. The molecule has 350 valence electrons. The molecule has 6 unspecified atom stereocenters. The van der Waals surface area contributed by atoms with Gasteiger partial charge in [-0.25, -0.2) is 4.79 Å². The van der Waals surface area contributed by atoms with Crippen molar-refractivity contribution < 1.29 is 57.8 Å². The number of oxime groups is 1. The number of alkyl halides is 1. The molecule has 65 heavy (non-hydrogen) atoms. The van der Waals surface area contributed by atoms with E-state index in [1.807, 2.05) is 57.2 Å². The maximum absolute atomic E-state index is 14.7. The van der Waals surface area contributed by atoms with Gasteiger partial charge in [0.25, 0.3) is 0 Å². The van der Waals surface area contributed by atoms with Crippen molar-refractivity contribution >= 4 is 29.7 Å². The third-order valence-corrected chi connectivity index (χ3v) is 12.5. The maximum Gasteiger partial charge on any atom is 0.410 e. The van der Waals surface area contributed by atoms with Crippen LogP contribution in [0.1, 0.15) is 93.1 Å². The first-order valence-electron chi connectivity index (χ1n) is 22.4. The van der Waals surface area contributed by atoms with Gasteiger partial charge in [0.15, 0.2) is 17.8 Å². The average molecular weight is 917 g/mol. The van der Waals surface area contributed by atoms with Crippen molar-refractivity contribution in [2.45, 2.75) is 95.6 Å². The highest BCUT2D eigenvalue weighted by atomic mass is 35.5. The van der Waals surface area contributed by atoms with Gasteiger partial charge in [-0.2, -0.15) is 0 Å². The Labute approximate surface area is 386 Å². The number of ether oxygens (including phenoxy) is 7. The van der Waals surface area contributed by atoms with E-state index in [9.17, 15) is 19.8 Å². The summed E-state index contributed by atoms with van der Waals surface area (Å²) >= 11 is 6.12. The Kier molecular flexibility index (Phi) is 15.7. The number of fused-ring (bicyclic) bond motifs is 3. The number of rotatable bonds is 21. The maximum atomic E-state index is 14.7. The van der Waals surface area contributed by atoms with E-state index in [0.29, 0.717) is 58.6 Å². The topological polar surface area (TPSA) is 164 Å². The molecule has 4 aliphatic rings. The molecule has 3 aromatic carbocycles. The minimum absolute atomic E-state index is 0.00988. The van der Waals surface area contributed by atoms with E-state index in [1.54, 1.807) is 29.2 Å². The van der Waals surface area contributed by atoms with Crippen LogP contribution in [0.25, 0.3) is 0 Å². The van der Waals surface area contributed by atoms with Crippen LogP contribution in [-0.2, 0) is 20.9 Å². The van der Waals surface area contributed by atoms with Crippen molar-refractivity contribution in [3.8, 4) is 34.5 Å².